The number of rotatable bonds is 4. The van der Waals surface area contributed by atoms with Crippen LogP contribution in [0.3, 0.4) is 0 Å². The van der Waals surface area contributed by atoms with Crippen LogP contribution in [-0.4, -0.2) is 23.1 Å². The van der Waals surface area contributed by atoms with Gasteiger partial charge in [-0.3, -0.25) is 0 Å². The summed E-state index contributed by atoms with van der Waals surface area (Å²) in [7, 11) is 0. The van der Waals surface area contributed by atoms with Crippen molar-refractivity contribution in [1.82, 2.24) is 9.97 Å². The lowest BCUT2D eigenvalue weighted by Crippen LogP contribution is -2.34. The molecular weight excluding hydrogens is 279 g/mol. The molecule has 1 aliphatic heterocycles. The Morgan fingerprint density at radius 1 is 1.32 bits per heavy atom. The zero-order chi connectivity index (χ0) is 15.4. The van der Waals surface area contributed by atoms with E-state index >= 15 is 0 Å². The molecule has 116 valence electrons. The van der Waals surface area contributed by atoms with Crippen molar-refractivity contribution in [1.29, 1.82) is 0 Å². The first-order valence-electron chi connectivity index (χ1n) is 7.77. The maximum atomic E-state index is 13.6. The van der Waals surface area contributed by atoms with Crippen LogP contribution in [0.1, 0.15) is 25.3 Å². The van der Waals surface area contributed by atoms with E-state index in [2.05, 4.69) is 27.1 Å². The fourth-order valence-corrected chi connectivity index (χ4v) is 2.82. The van der Waals surface area contributed by atoms with Crippen LogP contribution in [-0.2, 0) is 6.54 Å². The predicted molar refractivity (Wildman–Crippen MR) is 86.4 cm³/mol. The highest BCUT2D eigenvalue weighted by Crippen LogP contribution is 2.21. The Labute approximate surface area is 130 Å². The van der Waals surface area contributed by atoms with E-state index in [9.17, 15) is 4.39 Å². The minimum atomic E-state index is -0.212. The van der Waals surface area contributed by atoms with Gasteiger partial charge in [0.2, 0.25) is 5.95 Å². The van der Waals surface area contributed by atoms with E-state index in [1.807, 2.05) is 12.1 Å². The monoisotopic (exact) mass is 300 g/mol. The number of nitrogens with zero attached hydrogens (tertiary/aromatic N) is 3. The number of halogens is 1. The fraction of sp³-hybridized carbons (Fsp3) is 0.412. The second kappa shape index (κ2) is 6.73. The first-order chi connectivity index (χ1) is 10.7. The number of anilines is 2. The van der Waals surface area contributed by atoms with Crippen molar-refractivity contribution in [2.75, 3.05) is 23.3 Å². The average molecular weight is 300 g/mol. The summed E-state index contributed by atoms with van der Waals surface area (Å²) in [5.41, 5.74) is 0.614. The lowest BCUT2D eigenvalue weighted by Gasteiger charge is -2.31. The number of nitrogens with one attached hydrogen (secondary N) is 1. The van der Waals surface area contributed by atoms with E-state index in [-0.39, 0.29) is 5.82 Å². The van der Waals surface area contributed by atoms with Crippen molar-refractivity contribution in [2.45, 2.75) is 26.3 Å². The molecule has 0 aliphatic carbocycles. The molecule has 1 aromatic heterocycles. The topological polar surface area (TPSA) is 41.1 Å². The first kappa shape index (κ1) is 14.8. The SMILES string of the molecule is CC1CCCN(c2ccnc(NCc3ccccc3F)n2)C1. The molecule has 2 heterocycles. The third kappa shape index (κ3) is 3.53. The molecule has 0 amide bonds. The van der Waals surface area contributed by atoms with E-state index in [1.54, 1.807) is 18.3 Å². The number of aromatic nitrogens is 2. The summed E-state index contributed by atoms with van der Waals surface area (Å²) in [6.07, 6.45) is 4.23. The standard InChI is InChI=1S/C17H21FN4/c1-13-5-4-10-22(12-13)16-8-9-19-17(21-16)20-11-14-6-2-3-7-15(14)18/h2-3,6-9,13H,4-5,10-12H2,1H3,(H,19,20,21). The van der Waals surface area contributed by atoms with Gasteiger partial charge in [-0.25, -0.2) is 9.37 Å². The molecule has 1 fully saturated rings. The molecule has 4 nitrogen and oxygen atoms in total. The summed E-state index contributed by atoms with van der Waals surface area (Å²) in [5.74, 6) is 1.96. The van der Waals surface area contributed by atoms with Gasteiger partial charge in [0, 0.05) is 31.4 Å². The predicted octanol–water partition coefficient (Wildman–Crippen LogP) is 3.46. The van der Waals surface area contributed by atoms with E-state index < -0.39 is 0 Å². The van der Waals surface area contributed by atoms with Gasteiger partial charge in [-0.2, -0.15) is 4.98 Å². The largest absolute Gasteiger partial charge is 0.356 e. The van der Waals surface area contributed by atoms with Crippen molar-refractivity contribution < 1.29 is 4.39 Å². The number of benzene rings is 1. The molecule has 1 aliphatic rings. The summed E-state index contributed by atoms with van der Waals surface area (Å²) >= 11 is 0. The van der Waals surface area contributed by atoms with Crippen LogP contribution in [0.2, 0.25) is 0 Å². The Bertz CT molecular complexity index is 632. The van der Waals surface area contributed by atoms with Gasteiger partial charge in [0.05, 0.1) is 0 Å². The molecule has 3 rings (SSSR count). The van der Waals surface area contributed by atoms with Crippen LogP contribution in [0.4, 0.5) is 16.2 Å². The Balaban J connectivity index is 1.67. The van der Waals surface area contributed by atoms with Gasteiger partial charge >= 0.3 is 0 Å². The van der Waals surface area contributed by atoms with Gasteiger partial charge in [-0.1, -0.05) is 25.1 Å². The highest BCUT2D eigenvalue weighted by molar-refractivity contribution is 5.43. The molecule has 1 aromatic carbocycles. The zero-order valence-corrected chi connectivity index (χ0v) is 12.8. The molecule has 1 unspecified atom stereocenters. The Morgan fingerprint density at radius 3 is 3.00 bits per heavy atom. The van der Waals surface area contributed by atoms with Crippen LogP contribution in [0.15, 0.2) is 36.5 Å². The Hall–Kier alpha value is -2.17. The molecule has 22 heavy (non-hydrogen) atoms. The summed E-state index contributed by atoms with van der Waals surface area (Å²) in [6, 6.07) is 8.67. The summed E-state index contributed by atoms with van der Waals surface area (Å²) in [6.45, 7) is 4.72. The maximum absolute atomic E-state index is 13.6. The van der Waals surface area contributed by atoms with E-state index in [4.69, 9.17) is 0 Å². The molecular formula is C17H21FN4. The first-order valence-corrected chi connectivity index (χ1v) is 7.77. The second-order valence-electron chi connectivity index (χ2n) is 5.88. The molecule has 1 saturated heterocycles. The summed E-state index contributed by atoms with van der Waals surface area (Å²) in [4.78, 5) is 11.1. The van der Waals surface area contributed by atoms with Gasteiger partial charge < -0.3 is 10.2 Å². The van der Waals surface area contributed by atoms with Gasteiger partial charge in [0.25, 0.3) is 0 Å². The molecule has 0 bridgehead atoms. The lowest BCUT2D eigenvalue weighted by molar-refractivity contribution is 0.444. The van der Waals surface area contributed by atoms with Crippen LogP contribution < -0.4 is 10.2 Å². The Morgan fingerprint density at radius 2 is 2.18 bits per heavy atom. The molecule has 1 atom stereocenters. The second-order valence-corrected chi connectivity index (χ2v) is 5.88. The number of hydrogen-bond donors (Lipinski definition) is 1. The third-order valence-electron chi connectivity index (χ3n) is 4.02. The van der Waals surface area contributed by atoms with E-state index in [0.717, 1.165) is 18.9 Å². The van der Waals surface area contributed by atoms with Gasteiger partial charge in [-0.15, -0.1) is 0 Å². The van der Waals surface area contributed by atoms with Gasteiger partial charge in [0.15, 0.2) is 0 Å². The van der Waals surface area contributed by atoms with Gasteiger partial charge in [0.1, 0.15) is 11.6 Å². The van der Waals surface area contributed by atoms with Crippen molar-refractivity contribution >= 4 is 11.8 Å². The summed E-state index contributed by atoms with van der Waals surface area (Å²) in [5, 5.41) is 3.10. The van der Waals surface area contributed by atoms with E-state index in [1.165, 1.54) is 18.9 Å². The molecule has 2 aromatic rings. The maximum Gasteiger partial charge on any atom is 0.224 e. The van der Waals surface area contributed by atoms with Crippen molar-refractivity contribution in [2.24, 2.45) is 5.92 Å². The lowest BCUT2D eigenvalue weighted by atomic mass is 10.0. The van der Waals surface area contributed by atoms with E-state index in [0.29, 0.717) is 24.0 Å². The highest BCUT2D eigenvalue weighted by Gasteiger charge is 2.17. The minimum Gasteiger partial charge on any atom is -0.356 e. The third-order valence-corrected chi connectivity index (χ3v) is 4.02. The fourth-order valence-electron chi connectivity index (χ4n) is 2.82. The van der Waals surface area contributed by atoms with Crippen molar-refractivity contribution in [3.05, 3.63) is 47.9 Å². The summed E-state index contributed by atoms with van der Waals surface area (Å²) < 4.78 is 13.6. The van der Waals surface area contributed by atoms with Gasteiger partial charge in [-0.05, 0) is 30.9 Å². The highest BCUT2D eigenvalue weighted by atomic mass is 19.1. The quantitative estimate of drug-likeness (QED) is 0.939. The molecule has 0 radical (unpaired) electrons. The van der Waals surface area contributed by atoms with Crippen LogP contribution in [0.5, 0.6) is 0 Å². The number of piperidine rings is 1. The zero-order valence-electron chi connectivity index (χ0n) is 12.8. The number of hydrogen-bond acceptors (Lipinski definition) is 4. The molecule has 0 saturated carbocycles. The van der Waals surface area contributed by atoms with Crippen molar-refractivity contribution in [3.63, 3.8) is 0 Å². The normalized spacial score (nSPS) is 18.3. The molecule has 0 spiro atoms. The molecule has 1 N–H and O–H groups in total. The Kier molecular flexibility index (Phi) is 4.51. The van der Waals surface area contributed by atoms with Crippen LogP contribution in [0.25, 0.3) is 0 Å². The van der Waals surface area contributed by atoms with Crippen LogP contribution in [0, 0.1) is 11.7 Å². The van der Waals surface area contributed by atoms with Crippen molar-refractivity contribution in [3.8, 4) is 0 Å². The minimum absolute atomic E-state index is 0.212. The molecule has 5 heteroatoms. The van der Waals surface area contributed by atoms with Crippen LogP contribution >= 0.6 is 0 Å². The smallest absolute Gasteiger partial charge is 0.224 e. The average Bonchev–Trinajstić information content (AvgIpc) is 2.54.